The van der Waals surface area contributed by atoms with Gasteiger partial charge in [-0.15, -0.1) is 0 Å². The molecular formula is C50H33Br2F5N8O2. The first-order chi connectivity index (χ1) is 32.3. The van der Waals surface area contributed by atoms with Gasteiger partial charge in [-0.3, -0.25) is 0 Å². The zero-order valence-corrected chi connectivity index (χ0v) is 37.7. The van der Waals surface area contributed by atoms with Crippen molar-refractivity contribution in [2.75, 3.05) is 10.6 Å². The summed E-state index contributed by atoms with van der Waals surface area (Å²) in [6.07, 6.45) is 2.83. The molecule has 0 saturated carbocycles. The molecule has 334 valence electrons. The first kappa shape index (κ1) is 44.6. The average molecular weight is 1030 g/mol. The van der Waals surface area contributed by atoms with E-state index in [1.807, 2.05) is 45.5 Å². The van der Waals surface area contributed by atoms with E-state index in [0.29, 0.717) is 55.3 Å². The van der Waals surface area contributed by atoms with Crippen LogP contribution in [-0.4, -0.2) is 39.3 Å². The van der Waals surface area contributed by atoms with Gasteiger partial charge in [0.25, 0.3) is 0 Å². The number of nitrogens with one attached hydrogen (secondary N) is 2. The summed E-state index contributed by atoms with van der Waals surface area (Å²) in [5, 5.41) is 27.3. The number of aromatic nitrogens is 6. The highest BCUT2D eigenvalue weighted by Gasteiger charge is 2.19. The number of fused-ring (bicyclic) bond motifs is 2. The van der Waals surface area contributed by atoms with Crippen LogP contribution < -0.4 is 10.6 Å². The van der Waals surface area contributed by atoms with Gasteiger partial charge in [-0.1, -0.05) is 22.0 Å². The van der Waals surface area contributed by atoms with Crippen LogP contribution >= 0.6 is 31.9 Å². The molecule has 0 aliphatic heterocycles. The molecule has 67 heavy (non-hydrogen) atoms. The van der Waals surface area contributed by atoms with E-state index in [4.69, 9.17) is 0 Å². The molecule has 17 heteroatoms. The second-order valence-electron chi connectivity index (χ2n) is 15.2. The predicted octanol–water partition coefficient (Wildman–Crippen LogP) is 13.4. The maximum absolute atomic E-state index is 13.9. The average Bonchev–Trinajstić information content (AvgIpc) is 3.84. The summed E-state index contributed by atoms with van der Waals surface area (Å²) in [6.45, 7) is 0.342. The van der Waals surface area contributed by atoms with Crippen LogP contribution in [0.1, 0.15) is 11.1 Å². The number of anilines is 4. The maximum atomic E-state index is 13.9. The summed E-state index contributed by atoms with van der Waals surface area (Å²) in [5.74, 6) is -1.67. The highest BCUT2D eigenvalue weighted by atomic mass is 79.9. The second-order valence-corrected chi connectivity index (χ2v) is 17.0. The number of benzene rings is 6. The monoisotopic (exact) mass is 1030 g/mol. The van der Waals surface area contributed by atoms with Gasteiger partial charge < -0.3 is 30.0 Å². The molecule has 0 amide bonds. The number of hydrogen-bond donors (Lipinski definition) is 4. The Morgan fingerprint density at radius 2 is 0.925 bits per heavy atom. The minimum Gasteiger partial charge on any atom is -0.508 e. The van der Waals surface area contributed by atoms with Crippen LogP contribution in [0.3, 0.4) is 0 Å². The summed E-state index contributed by atoms with van der Waals surface area (Å²) in [6, 6.07) is 36.1. The molecule has 4 aromatic heterocycles. The van der Waals surface area contributed by atoms with Crippen LogP contribution in [0.2, 0.25) is 0 Å². The molecular weight excluding hydrogens is 999 g/mol. The van der Waals surface area contributed by atoms with Crippen LogP contribution in [-0.2, 0) is 13.1 Å². The van der Waals surface area contributed by atoms with Gasteiger partial charge in [0.2, 0.25) is 0 Å². The smallest absolute Gasteiger partial charge is 0.146 e. The van der Waals surface area contributed by atoms with Gasteiger partial charge in [0.05, 0.1) is 26.6 Å². The molecule has 6 aromatic carbocycles. The molecule has 0 unspecified atom stereocenters. The lowest BCUT2D eigenvalue weighted by atomic mass is 10.1. The van der Waals surface area contributed by atoms with Gasteiger partial charge in [0, 0.05) is 41.1 Å². The van der Waals surface area contributed by atoms with Gasteiger partial charge in [0.1, 0.15) is 76.2 Å². The Hall–Kier alpha value is -7.63. The lowest BCUT2D eigenvalue weighted by Gasteiger charge is -2.12. The van der Waals surface area contributed by atoms with E-state index in [0.717, 1.165) is 44.5 Å². The molecule has 10 aromatic rings. The zero-order chi connectivity index (χ0) is 46.8. The topological polar surface area (TPSA) is 126 Å². The van der Waals surface area contributed by atoms with Gasteiger partial charge in [0.15, 0.2) is 0 Å². The summed E-state index contributed by atoms with van der Waals surface area (Å²) < 4.78 is 74.0. The minimum atomic E-state index is -0.670. The lowest BCUT2D eigenvalue weighted by molar-refractivity contribution is 0.475. The largest absolute Gasteiger partial charge is 0.508 e. The fraction of sp³-hybridized carbons (Fsp3) is 0.0400. The molecule has 0 aliphatic carbocycles. The van der Waals surface area contributed by atoms with Gasteiger partial charge >= 0.3 is 0 Å². The molecule has 4 N–H and O–H groups in total. The van der Waals surface area contributed by atoms with Crippen molar-refractivity contribution in [1.29, 1.82) is 0 Å². The third-order valence-corrected chi connectivity index (χ3v) is 11.6. The van der Waals surface area contributed by atoms with Crippen LogP contribution in [0.15, 0.2) is 161 Å². The van der Waals surface area contributed by atoms with E-state index < -0.39 is 23.3 Å². The molecule has 0 spiro atoms. The van der Waals surface area contributed by atoms with Gasteiger partial charge in [-0.05, 0) is 160 Å². The van der Waals surface area contributed by atoms with Crippen molar-refractivity contribution in [2.45, 2.75) is 13.1 Å². The molecule has 4 heterocycles. The Bertz CT molecular complexity index is 3400. The van der Waals surface area contributed by atoms with Crippen molar-refractivity contribution in [3.63, 3.8) is 0 Å². The molecule has 10 rings (SSSR count). The first-order valence-electron chi connectivity index (χ1n) is 20.3. The van der Waals surface area contributed by atoms with E-state index in [9.17, 15) is 32.2 Å². The van der Waals surface area contributed by atoms with Crippen molar-refractivity contribution in [3.8, 4) is 34.0 Å². The molecule has 10 nitrogen and oxygen atoms in total. The fourth-order valence-corrected chi connectivity index (χ4v) is 8.35. The Balaban J connectivity index is 0.000000168. The van der Waals surface area contributed by atoms with Crippen LogP contribution in [0.25, 0.3) is 44.6 Å². The normalized spacial score (nSPS) is 11.1. The Labute approximate surface area is 395 Å². The van der Waals surface area contributed by atoms with E-state index in [1.165, 1.54) is 43.0 Å². The standard InChI is InChI=1S/C25H16BrF3N4O.C25H17BrF2N4O/c26-21-10-18(3-6-22(21)29)32-24-20-11-23(15-1-4-19(34)5-2-15)33(25(20)31-13-30-24)12-14-7-16(27)9-17(28)8-14;26-17-2-1-3-20(10-17)31-24-22-12-23(16-4-6-21(33)7-5-16)32(25(22)30-14-29-24)13-15-8-18(27)11-19(28)9-15/h1-11,13,34H,12H2,(H,30,31,32);1-12,14,33H,13H2,(H,29,30,31). The van der Waals surface area contributed by atoms with Crippen molar-refractivity contribution >= 4 is 76.9 Å². The van der Waals surface area contributed by atoms with Crippen molar-refractivity contribution in [2.24, 2.45) is 0 Å². The maximum Gasteiger partial charge on any atom is 0.146 e. The van der Waals surface area contributed by atoms with Crippen LogP contribution in [0, 0.1) is 29.1 Å². The SMILES string of the molecule is Oc1ccc(-c2cc3c(Nc4ccc(F)c(Br)c4)ncnc3n2Cc2cc(F)cc(F)c2)cc1.Oc1ccc(-c2cc3c(Nc4cccc(Br)c4)ncnc3n2Cc2cc(F)cc(F)c2)cc1. The van der Waals surface area contributed by atoms with Crippen LogP contribution in [0.4, 0.5) is 45.0 Å². The highest BCUT2D eigenvalue weighted by Crippen LogP contribution is 2.36. The summed E-state index contributed by atoms with van der Waals surface area (Å²) in [4.78, 5) is 17.7. The minimum absolute atomic E-state index is 0.114. The lowest BCUT2D eigenvalue weighted by Crippen LogP contribution is -2.04. The molecule has 0 atom stereocenters. The van der Waals surface area contributed by atoms with Crippen LogP contribution in [0.5, 0.6) is 11.5 Å². The number of halogens is 7. The van der Waals surface area contributed by atoms with Gasteiger partial charge in [-0.2, -0.15) is 0 Å². The Kier molecular flexibility index (Phi) is 12.7. The van der Waals surface area contributed by atoms with E-state index in [2.05, 4.69) is 62.4 Å². The van der Waals surface area contributed by atoms with E-state index in [-0.39, 0.29) is 30.4 Å². The molecule has 0 bridgehead atoms. The number of phenolic OH excluding ortho intramolecular Hbond substituents is 2. The molecule has 0 aliphatic rings. The third kappa shape index (κ3) is 10.1. The number of phenols is 2. The zero-order valence-electron chi connectivity index (χ0n) is 34.6. The summed E-state index contributed by atoms with van der Waals surface area (Å²) >= 11 is 6.64. The molecule has 0 saturated heterocycles. The quantitative estimate of drug-likeness (QED) is 0.0998. The van der Waals surface area contributed by atoms with Crippen molar-refractivity contribution in [3.05, 3.63) is 201 Å². The third-order valence-electron chi connectivity index (χ3n) is 10.5. The van der Waals surface area contributed by atoms with Crippen molar-refractivity contribution < 1.29 is 32.2 Å². The highest BCUT2D eigenvalue weighted by molar-refractivity contribution is 9.10. The Morgan fingerprint density at radius 3 is 1.36 bits per heavy atom. The molecule has 0 fully saturated rings. The first-order valence-corrected chi connectivity index (χ1v) is 21.8. The second kappa shape index (κ2) is 19.1. The molecule has 0 radical (unpaired) electrons. The number of aromatic hydroxyl groups is 2. The van der Waals surface area contributed by atoms with E-state index in [1.54, 1.807) is 60.7 Å². The number of nitrogens with zero attached hydrogens (tertiary/aromatic N) is 6. The van der Waals surface area contributed by atoms with E-state index >= 15 is 0 Å². The Morgan fingerprint density at radius 1 is 0.478 bits per heavy atom. The number of hydrogen-bond acceptors (Lipinski definition) is 8. The fourth-order valence-electron chi connectivity index (χ4n) is 7.57. The summed E-state index contributed by atoms with van der Waals surface area (Å²) in [5.41, 5.74) is 6.54. The van der Waals surface area contributed by atoms with Gasteiger partial charge in [-0.25, -0.2) is 41.9 Å². The summed E-state index contributed by atoms with van der Waals surface area (Å²) in [7, 11) is 0. The predicted molar refractivity (Wildman–Crippen MR) is 255 cm³/mol. The van der Waals surface area contributed by atoms with Crippen molar-refractivity contribution in [1.82, 2.24) is 29.1 Å². The number of rotatable bonds is 10.